The molecule has 0 bridgehead atoms. The fourth-order valence-corrected chi connectivity index (χ4v) is 2.64. The van der Waals surface area contributed by atoms with Crippen LogP contribution in [0.4, 0.5) is 5.95 Å². The number of hydrogen-bond acceptors (Lipinski definition) is 6. The van der Waals surface area contributed by atoms with Gasteiger partial charge in [-0.05, 0) is 19.1 Å². The molecule has 0 saturated heterocycles. The van der Waals surface area contributed by atoms with Crippen molar-refractivity contribution >= 4 is 11.7 Å². The van der Waals surface area contributed by atoms with E-state index in [9.17, 15) is 5.21 Å². The first kappa shape index (κ1) is 11.7. The summed E-state index contributed by atoms with van der Waals surface area (Å²) in [5, 5.41) is 12.6. The SMILES string of the molecule is Cc1nc(N)nc2c1C(=NO)CC(c1ccco1)C2. The molecule has 1 aliphatic carbocycles. The molecule has 0 aromatic carbocycles. The molecule has 2 aromatic heterocycles. The van der Waals surface area contributed by atoms with Crippen LogP contribution in [0.3, 0.4) is 0 Å². The second-order valence-corrected chi connectivity index (χ2v) is 4.66. The van der Waals surface area contributed by atoms with Crippen LogP contribution in [0.5, 0.6) is 0 Å². The van der Waals surface area contributed by atoms with Crippen LogP contribution < -0.4 is 5.73 Å². The van der Waals surface area contributed by atoms with Crippen LogP contribution in [0.25, 0.3) is 0 Å². The van der Waals surface area contributed by atoms with Crippen LogP contribution >= 0.6 is 0 Å². The highest BCUT2D eigenvalue weighted by atomic mass is 16.4. The largest absolute Gasteiger partial charge is 0.469 e. The third-order valence-corrected chi connectivity index (χ3v) is 3.42. The average Bonchev–Trinajstić information content (AvgIpc) is 2.90. The first-order chi connectivity index (χ1) is 9.19. The van der Waals surface area contributed by atoms with E-state index in [4.69, 9.17) is 10.2 Å². The molecule has 2 heterocycles. The molecule has 3 N–H and O–H groups in total. The van der Waals surface area contributed by atoms with Crippen molar-refractivity contribution in [2.45, 2.75) is 25.7 Å². The lowest BCUT2D eigenvalue weighted by Crippen LogP contribution is -2.23. The molecule has 0 fully saturated rings. The minimum Gasteiger partial charge on any atom is -0.469 e. The van der Waals surface area contributed by atoms with Gasteiger partial charge in [0.25, 0.3) is 0 Å². The van der Waals surface area contributed by atoms with E-state index in [0.717, 1.165) is 22.7 Å². The number of anilines is 1. The summed E-state index contributed by atoms with van der Waals surface area (Å²) in [6.45, 7) is 1.84. The highest BCUT2D eigenvalue weighted by Gasteiger charge is 2.30. The quantitative estimate of drug-likeness (QED) is 0.601. The monoisotopic (exact) mass is 258 g/mol. The Morgan fingerprint density at radius 1 is 1.42 bits per heavy atom. The minimum absolute atomic E-state index is 0.113. The Hall–Kier alpha value is -2.37. The Morgan fingerprint density at radius 3 is 2.95 bits per heavy atom. The summed E-state index contributed by atoms with van der Waals surface area (Å²) in [7, 11) is 0. The van der Waals surface area contributed by atoms with Crippen LogP contribution in [-0.2, 0) is 6.42 Å². The Balaban J connectivity index is 2.09. The van der Waals surface area contributed by atoms with Gasteiger partial charge in [-0.1, -0.05) is 5.16 Å². The molecule has 2 aromatic rings. The molecule has 98 valence electrons. The van der Waals surface area contributed by atoms with Crippen molar-refractivity contribution < 1.29 is 9.62 Å². The number of rotatable bonds is 1. The lowest BCUT2D eigenvalue weighted by Gasteiger charge is -2.24. The van der Waals surface area contributed by atoms with Crippen molar-refractivity contribution in [1.29, 1.82) is 0 Å². The molecule has 0 saturated carbocycles. The molecule has 0 amide bonds. The minimum atomic E-state index is 0.113. The van der Waals surface area contributed by atoms with Gasteiger partial charge in [-0.2, -0.15) is 0 Å². The number of hydrogen-bond donors (Lipinski definition) is 2. The fourth-order valence-electron chi connectivity index (χ4n) is 2.64. The molecule has 19 heavy (non-hydrogen) atoms. The highest BCUT2D eigenvalue weighted by Crippen LogP contribution is 2.33. The van der Waals surface area contributed by atoms with Crippen molar-refractivity contribution in [3.05, 3.63) is 41.1 Å². The number of nitrogens with two attached hydrogens (primary N) is 1. The van der Waals surface area contributed by atoms with Crippen LogP contribution in [0, 0.1) is 6.92 Å². The number of oxime groups is 1. The van der Waals surface area contributed by atoms with E-state index in [2.05, 4.69) is 15.1 Å². The summed E-state index contributed by atoms with van der Waals surface area (Å²) in [6.07, 6.45) is 2.95. The van der Waals surface area contributed by atoms with E-state index >= 15 is 0 Å². The smallest absolute Gasteiger partial charge is 0.220 e. The fraction of sp³-hybridized carbons (Fsp3) is 0.308. The standard InChI is InChI=1S/C13H14N4O2/c1-7-12-9(16-13(14)15-7)5-8(6-10(12)17-18)11-3-2-4-19-11/h2-4,8,18H,5-6H2,1H3,(H2,14,15,16). The van der Waals surface area contributed by atoms with Gasteiger partial charge in [0.1, 0.15) is 5.76 Å². The zero-order chi connectivity index (χ0) is 13.4. The van der Waals surface area contributed by atoms with Gasteiger partial charge in [-0.15, -0.1) is 0 Å². The van der Waals surface area contributed by atoms with Crippen LogP contribution in [0.15, 0.2) is 28.0 Å². The molecule has 1 aliphatic rings. The number of furan rings is 1. The van der Waals surface area contributed by atoms with E-state index in [-0.39, 0.29) is 11.9 Å². The second kappa shape index (κ2) is 4.38. The van der Waals surface area contributed by atoms with Crippen LogP contribution in [0.2, 0.25) is 0 Å². The maximum atomic E-state index is 9.22. The summed E-state index contributed by atoms with van der Waals surface area (Å²) in [5.41, 5.74) is 8.63. The summed E-state index contributed by atoms with van der Waals surface area (Å²) in [6, 6.07) is 3.77. The molecule has 1 atom stereocenters. The third kappa shape index (κ3) is 1.95. The molecule has 0 aliphatic heterocycles. The lowest BCUT2D eigenvalue weighted by atomic mass is 9.83. The van der Waals surface area contributed by atoms with Gasteiger partial charge in [0, 0.05) is 24.3 Å². The van der Waals surface area contributed by atoms with Gasteiger partial charge in [0.2, 0.25) is 5.95 Å². The number of fused-ring (bicyclic) bond motifs is 1. The molecular weight excluding hydrogens is 244 g/mol. The molecule has 0 radical (unpaired) electrons. The van der Waals surface area contributed by atoms with Gasteiger partial charge in [-0.25, -0.2) is 9.97 Å². The van der Waals surface area contributed by atoms with Gasteiger partial charge in [0.15, 0.2) is 0 Å². The number of aromatic nitrogens is 2. The van der Waals surface area contributed by atoms with E-state index in [1.54, 1.807) is 6.26 Å². The number of nitrogen functional groups attached to an aromatic ring is 1. The van der Waals surface area contributed by atoms with Gasteiger partial charge < -0.3 is 15.4 Å². The number of nitrogens with zero attached hydrogens (tertiary/aromatic N) is 3. The zero-order valence-corrected chi connectivity index (χ0v) is 10.5. The van der Waals surface area contributed by atoms with Crippen molar-refractivity contribution in [1.82, 2.24) is 9.97 Å². The highest BCUT2D eigenvalue weighted by molar-refractivity contribution is 6.03. The van der Waals surface area contributed by atoms with Gasteiger partial charge in [-0.3, -0.25) is 0 Å². The molecule has 3 rings (SSSR count). The average molecular weight is 258 g/mol. The molecule has 6 heteroatoms. The Labute approximate surface area is 110 Å². The predicted molar refractivity (Wildman–Crippen MR) is 69.3 cm³/mol. The third-order valence-electron chi connectivity index (χ3n) is 3.42. The van der Waals surface area contributed by atoms with E-state index < -0.39 is 0 Å². The zero-order valence-electron chi connectivity index (χ0n) is 10.5. The molecule has 6 nitrogen and oxygen atoms in total. The summed E-state index contributed by atoms with van der Waals surface area (Å²) in [4.78, 5) is 8.39. The summed E-state index contributed by atoms with van der Waals surface area (Å²) < 4.78 is 5.43. The summed E-state index contributed by atoms with van der Waals surface area (Å²) >= 11 is 0. The maximum Gasteiger partial charge on any atom is 0.220 e. The van der Waals surface area contributed by atoms with Crippen molar-refractivity contribution in [2.75, 3.05) is 5.73 Å². The molecule has 1 unspecified atom stereocenters. The van der Waals surface area contributed by atoms with E-state index in [0.29, 0.717) is 18.6 Å². The first-order valence-corrected chi connectivity index (χ1v) is 6.06. The van der Waals surface area contributed by atoms with Crippen molar-refractivity contribution in [3.8, 4) is 0 Å². The van der Waals surface area contributed by atoms with Gasteiger partial charge in [0.05, 0.1) is 23.4 Å². The number of aryl methyl sites for hydroxylation is 1. The first-order valence-electron chi connectivity index (χ1n) is 6.06. The lowest BCUT2D eigenvalue weighted by molar-refractivity contribution is 0.316. The Kier molecular flexibility index (Phi) is 2.70. The van der Waals surface area contributed by atoms with Crippen molar-refractivity contribution in [3.63, 3.8) is 0 Å². The maximum absolute atomic E-state index is 9.22. The second-order valence-electron chi connectivity index (χ2n) is 4.66. The van der Waals surface area contributed by atoms with E-state index in [1.807, 2.05) is 19.1 Å². The Morgan fingerprint density at radius 2 is 2.26 bits per heavy atom. The Bertz CT molecular complexity index is 634. The predicted octanol–water partition coefficient (Wildman–Crippen LogP) is 1.87. The summed E-state index contributed by atoms with van der Waals surface area (Å²) in [5.74, 6) is 1.22. The van der Waals surface area contributed by atoms with E-state index in [1.165, 1.54) is 0 Å². The van der Waals surface area contributed by atoms with Crippen LogP contribution in [-0.4, -0.2) is 20.9 Å². The molecular formula is C13H14N4O2. The van der Waals surface area contributed by atoms with Gasteiger partial charge >= 0.3 is 0 Å². The topological polar surface area (TPSA) is 97.5 Å². The normalized spacial score (nSPS) is 20.5. The molecule has 0 spiro atoms. The van der Waals surface area contributed by atoms with Crippen molar-refractivity contribution in [2.24, 2.45) is 5.16 Å². The van der Waals surface area contributed by atoms with Crippen LogP contribution in [0.1, 0.15) is 35.1 Å².